The highest BCUT2D eigenvalue weighted by molar-refractivity contribution is 7.17. The topological polar surface area (TPSA) is 66.1 Å². The highest BCUT2D eigenvalue weighted by atomic mass is 35.5. The molecule has 1 N–H and O–H groups in total. The molecule has 0 radical (unpaired) electrons. The van der Waals surface area contributed by atoms with Gasteiger partial charge in [0.1, 0.15) is 16.4 Å². The number of halogens is 1. The van der Waals surface area contributed by atoms with Crippen LogP contribution in [0.2, 0.25) is 0 Å². The maximum atomic E-state index is 12.1. The van der Waals surface area contributed by atoms with E-state index in [0.717, 1.165) is 5.56 Å². The molecule has 5 nitrogen and oxygen atoms in total. The third-order valence-electron chi connectivity index (χ3n) is 3.39. The van der Waals surface area contributed by atoms with Crippen molar-refractivity contribution in [2.75, 3.05) is 5.88 Å². The van der Waals surface area contributed by atoms with E-state index >= 15 is 0 Å². The summed E-state index contributed by atoms with van der Waals surface area (Å²) in [6.07, 6.45) is 0. The van der Waals surface area contributed by atoms with E-state index < -0.39 is 0 Å². The Kier molecular flexibility index (Phi) is 4.73. The predicted octanol–water partition coefficient (Wildman–Crippen LogP) is 2.75. The van der Waals surface area contributed by atoms with Gasteiger partial charge in [-0.15, -0.1) is 22.9 Å². The first-order chi connectivity index (χ1) is 11.2. The molecule has 0 fully saturated rings. The number of rotatable bonds is 5. The number of H-pyrrole nitrogens is 1. The van der Waals surface area contributed by atoms with Crippen LogP contribution in [-0.4, -0.2) is 26.7 Å². The second kappa shape index (κ2) is 6.93. The Morgan fingerprint density at radius 3 is 2.74 bits per heavy atom. The SMILES string of the molecule is O=C(CCl)N(Cc1ccccc1)Cc1nc2ccsc2c(=O)[nH]1. The molecule has 0 unspecified atom stereocenters. The molecule has 2 heterocycles. The molecule has 2 aromatic heterocycles. The van der Waals surface area contributed by atoms with Crippen LogP contribution in [0.25, 0.3) is 10.2 Å². The summed E-state index contributed by atoms with van der Waals surface area (Å²) in [5.74, 6) is 0.136. The number of carbonyl (C=O) groups is 1. The number of hydrogen-bond acceptors (Lipinski definition) is 4. The van der Waals surface area contributed by atoms with E-state index in [2.05, 4.69) is 9.97 Å². The maximum Gasteiger partial charge on any atom is 0.268 e. The van der Waals surface area contributed by atoms with E-state index in [9.17, 15) is 9.59 Å². The van der Waals surface area contributed by atoms with Gasteiger partial charge in [-0.25, -0.2) is 4.98 Å². The van der Waals surface area contributed by atoms with Crippen LogP contribution in [0, 0.1) is 0 Å². The quantitative estimate of drug-likeness (QED) is 0.722. The molecular formula is C16H14ClN3O2S. The molecule has 0 bridgehead atoms. The molecule has 23 heavy (non-hydrogen) atoms. The molecule has 7 heteroatoms. The number of thiophene rings is 1. The summed E-state index contributed by atoms with van der Waals surface area (Å²) in [6, 6.07) is 11.4. The number of fused-ring (bicyclic) bond motifs is 1. The number of carbonyl (C=O) groups excluding carboxylic acids is 1. The van der Waals surface area contributed by atoms with Crippen LogP contribution in [0.5, 0.6) is 0 Å². The Balaban J connectivity index is 1.87. The lowest BCUT2D eigenvalue weighted by Gasteiger charge is -2.21. The van der Waals surface area contributed by atoms with Crippen molar-refractivity contribution >= 4 is 39.1 Å². The monoisotopic (exact) mass is 347 g/mol. The van der Waals surface area contributed by atoms with Gasteiger partial charge < -0.3 is 9.88 Å². The van der Waals surface area contributed by atoms with Crippen molar-refractivity contribution in [3.05, 3.63) is 63.5 Å². The Labute approximate surface area is 141 Å². The Morgan fingerprint density at radius 1 is 1.22 bits per heavy atom. The van der Waals surface area contributed by atoms with Gasteiger partial charge in [-0.05, 0) is 17.0 Å². The molecule has 0 aliphatic rings. The summed E-state index contributed by atoms with van der Waals surface area (Å²) in [4.78, 5) is 32.9. The van der Waals surface area contributed by atoms with Crippen molar-refractivity contribution in [3.8, 4) is 0 Å². The van der Waals surface area contributed by atoms with Crippen LogP contribution in [0.15, 0.2) is 46.6 Å². The van der Waals surface area contributed by atoms with E-state index in [1.807, 2.05) is 35.7 Å². The summed E-state index contributed by atoms with van der Waals surface area (Å²) in [6.45, 7) is 0.624. The fourth-order valence-corrected chi connectivity index (χ4v) is 3.19. The van der Waals surface area contributed by atoms with Gasteiger partial charge in [0.05, 0.1) is 12.1 Å². The molecule has 0 atom stereocenters. The summed E-state index contributed by atoms with van der Waals surface area (Å²) in [7, 11) is 0. The fraction of sp³-hybridized carbons (Fsp3) is 0.188. The van der Waals surface area contributed by atoms with Gasteiger partial charge in [-0.3, -0.25) is 9.59 Å². The standard InChI is InChI=1S/C16H14ClN3O2S/c17-8-14(21)20(9-11-4-2-1-3-5-11)10-13-18-12-6-7-23-15(12)16(22)19-13/h1-7H,8-10H2,(H,18,19,22). The first-order valence-electron chi connectivity index (χ1n) is 7.01. The van der Waals surface area contributed by atoms with E-state index in [0.29, 0.717) is 22.6 Å². The molecule has 1 aromatic carbocycles. The molecule has 0 aliphatic carbocycles. The Morgan fingerprint density at radius 2 is 2.00 bits per heavy atom. The Bertz CT molecular complexity index is 876. The van der Waals surface area contributed by atoms with Crippen molar-refractivity contribution < 1.29 is 4.79 Å². The van der Waals surface area contributed by atoms with Gasteiger partial charge in [0, 0.05) is 6.54 Å². The van der Waals surface area contributed by atoms with Gasteiger partial charge >= 0.3 is 0 Å². The van der Waals surface area contributed by atoms with Crippen molar-refractivity contribution in [1.29, 1.82) is 0 Å². The summed E-state index contributed by atoms with van der Waals surface area (Å²) in [5, 5.41) is 1.82. The van der Waals surface area contributed by atoms with Crippen molar-refractivity contribution in [2.24, 2.45) is 0 Å². The third kappa shape index (κ3) is 3.60. The number of benzene rings is 1. The van der Waals surface area contributed by atoms with Gasteiger partial charge in [0.15, 0.2) is 0 Å². The number of nitrogens with zero attached hydrogens (tertiary/aromatic N) is 2. The lowest BCUT2D eigenvalue weighted by atomic mass is 10.2. The van der Waals surface area contributed by atoms with E-state index in [1.165, 1.54) is 11.3 Å². The number of hydrogen-bond donors (Lipinski definition) is 1. The lowest BCUT2D eigenvalue weighted by molar-refractivity contribution is -0.129. The predicted molar refractivity (Wildman–Crippen MR) is 91.7 cm³/mol. The third-order valence-corrected chi connectivity index (χ3v) is 4.52. The number of alkyl halides is 1. The maximum absolute atomic E-state index is 12.1. The minimum atomic E-state index is -0.205. The average Bonchev–Trinajstić information content (AvgIpc) is 3.03. The second-order valence-electron chi connectivity index (χ2n) is 5.02. The molecule has 3 aromatic rings. The van der Waals surface area contributed by atoms with Gasteiger partial charge in [-0.1, -0.05) is 30.3 Å². The van der Waals surface area contributed by atoms with E-state index in [4.69, 9.17) is 11.6 Å². The van der Waals surface area contributed by atoms with Crippen LogP contribution in [0.3, 0.4) is 0 Å². The normalized spacial score (nSPS) is 10.8. The van der Waals surface area contributed by atoms with Gasteiger partial charge in [0.2, 0.25) is 5.91 Å². The number of aromatic amines is 1. The molecule has 118 valence electrons. The van der Waals surface area contributed by atoms with Gasteiger partial charge in [-0.2, -0.15) is 0 Å². The zero-order valence-corrected chi connectivity index (χ0v) is 13.7. The molecule has 0 aliphatic heterocycles. The smallest absolute Gasteiger partial charge is 0.268 e. The minimum absolute atomic E-state index is 0.113. The number of nitrogens with one attached hydrogen (secondary N) is 1. The molecule has 1 amide bonds. The van der Waals surface area contributed by atoms with Crippen molar-refractivity contribution in [1.82, 2.24) is 14.9 Å². The zero-order valence-electron chi connectivity index (χ0n) is 12.2. The van der Waals surface area contributed by atoms with Crippen LogP contribution in [0.1, 0.15) is 11.4 Å². The van der Waals surface area contributed by atoms with Crippen molar-refractivity contribution in [3.63, 3.8) is 0 Å². The lowest BCUT2D eigenvalue weighted by Crippen LogP contribution is -2.32. The molecule has 0 spiro atoms. The average molecular weight is 348 g/mol. The zero-order chi connectivity index (χ0) is 16.2. The van der Waals surface area contributed by atoms with Crippen LogP contribution < -0.4 is 5.56 Å². The summed E-state index contributed by atoms with van der Waals surface area (Å²) in [5.41, 5.74) is 1.45. The number of aromatic nitrogens is 2. The molecule has 0 saturated heterocycles. The first-order valence-corrected chi connectivity index (χ1v) is 8.43. The van der Waals surface area contributed by atoms with Crippen LogP contribution in [-0.2, 0) is 17.9 Å². The molecular weight excluding hydrogens is 334 g/mol. The minimum Gasteiger partial charge on any atom is -0.330 e. The number of amides is 1. The summed E-state index contributed by atoms with van der Waals surface area (Å²) >= 11 is 7.05. The van der Waals surface area contributed by atoms with E-state index in [1.54, 1.807) is 11.0 Å². The van der Waals surface area contributed by atoms with Crippen LogP contribution in [0.4, 0.5) is 0 Å². The fourth-order valence-electron chi connectivity index (χ4n) is 2.30. The Hall–Kier alpha value is -2.18. The van der Waals surface area contributed by atoms with Crippen molar-refractivity contribution in [2.45, 2.75) is 13.1 Å². The van der Waals surface area contributed by atoms with Gasteiger partial charge in [0.25, 0.3) is 5.56 Å². The molecule has 3 rings (SSSR count). The second-order valence-corrected chi connectivity index (χ2v) is 6.20. The van der Waals surface area contributed by atoms with E-state index in [-0.39, 0.29) is 23.9 Å². The first kappa shape index (κ1) is 15.7. The van der Waals surface area contributed by atoms with Crippen LogP contribution >= 0.6 is 22.9 Å². The highest BCUT2D eigenvalue weighted by Gasteiger charge is 2.15. The largest absolute Gasteiger partial charge is 0.330 e. The highest BCUT2D eigenvalue weighted by Crippen LogP contribution is 2.15. The summed E-state index contributed by atoms with van der Waals surface area (Å²) < 4.78 is 0.590. The molecule has 0 saturated carbocycles.